The van der Waals surface area contributed by atoms with Crippen molar-refractivity contribution in [2.75, 3.05) is 7.11 Å². The van der Waals surface area contributed by atoms with Crippen molar-refractivity contribution in [3.8, 4) is 5.75 Å². The summed E-state index contributed by atoms with van der Waals surface area (Å²) in [5, 5.41) is 0. The molecule has 5 heteroatoms. The van der Waals surface area contributed by atoms with Crippen LogP contribution in [-0.2, 0) is 24.2 Å². The zero-order valence-corrected chi connectivity index (χ0v) is 15.6. The van der Waals surface area contributed by atoms with Crippen LogP contribution >= 0.6 is 11.3 Å². The predicted molar refractivity (Wildman–Crippen MR) is 102 cm³/mol. The number of rotatable bonds is 5. The normalized spacial score (nSPS) is 11.9. The molecule has 3 rings (SSSR count). The number of ether oxygens (including phenoxy) is 1. The van der Waals surface area contributed by atoms with E-state index in [9.17, 15) is 4.79 Å². The van der Waals surface area contributed by atoms with Gasteiger partial charge in [-0.2, -0.15) is 4.99 Å². The second-order valence-electron chi connectivity index (χ2n) is 5.78. The van der Waals surface area contributed by atoms with E-state index >= 15 is 0 Å². The first-order valence-corrected chi connectivity index (χ1v) is 9.29. The van der Waals surface area contributed by atoms with Crippen LogP contribution in [-0.4, -0.2) is 17.6 Å². The summed E-state index contributed by atoms with van der Waals surface area (Å²) in [5.74, 6) is 0.658. The van der Waals surface area contributed by atoms with Crippen molar-refractivity contribution in [3.63, 3.8) is 0 Å². The number of aryl methyl sites for hydroxylation is 2. The summed E-state index contributed by atoms with van der Waals surface area (Å²) in [6, 6.07) is 13.8. The molecule has 0 unspecified atom stereocenters. The Morgan fingerprint density at radius 3 is 2.56 bits per heavy atom. The maximum atomic E-state index is 12.4. The van der Waals surface area contributed by atoms with Crippen molar-refractivity contribution in [2.45, 2.75) is 33.2 Å². The van der Waals surface area contributed by atoms with Crippen molar-refractivity contribution in [1.29, 1.82) is 0 Å². The molecule has 0 N–H and O–H groups in total. The highest BCUT2D eigenvalue weighted by atomic mass is 32.1. The van der Waals surface area contributed by atoms with Crippen molar-refractivity contribution >= 4 is 27.5 Å². The molecule has 1 heterocycles. The lowest BCUT2D eigenvalue weighted by Gasteiger charge is -2.05. The molecule has 0 aliphatic heterocycles. The lowest BCUT2D eigenvalue weighted by Crippen LogP contribution is -2.17. The maximum Gasteiger partial charge on any atom is 0.252 e. The Bertz CT molecular complexity index is 952. The fourth-order valence-electron chi connectivity index (χ4n) is 2.93. The molecule has 0 atom stereocenters. The summed E-state index contributed by atoms with van der Waals surface area (Å²) in [6.07, 6.45) is 1.26. The predicted octanol–water partition coefficient (Wildman–Crippen LogP) is 3.96. The number of thiazole rings is 1. The van der Waals surface area contributed by atoms with Gasteiger partial charge in [0.2, 0.25) is 0 Å². The lowest BCUT2D eigenvalue weighted by molar-refractivity contribution is -0.117. The Morgan fingerprint density at radius 2 is 1.92 bits per heavy atom. The quantitative estimate of drug-likeness (QED) is 0.696. The number of amides is 1. The van der Waals surface area contributed by atoms with Gasteiger partial charge in [-0.1, -0.05) is 42.5 Å². The first-order valence-electron chi connectivity index (χ1n) is 8.48. The fraction of sp³-hybridized carbons (Fsp3) is 0.300. The highest BCUT2D eigenvalue weighted by molar-refractivity contribution is 7.16. The van der Waals surface area contributed by atoms with Gasteiger partial charge in [-0.3, -0.25) is 4.79 Å². The van der Waals surface area contributed by atoms with Gasteiger partial charge in [-0.05, 0) is 42.7 Å². The van der Waals surface area contributed by atoms with Crippen LogP contribution in [0.15, 0.2) is 47.5 Å². The van der Waals surface area contributed by atoms with Crippen LogP contribution in [0.4, 0.5) is 0 Å². The van der Waals surface area contributed by atoms with E-state index in [1.807, 2.05) is 24.3 Å². The number of hydrogen-bond acceptors (Lipinski definition) is 3. The summed E-state index contributed by atoms with van der Waals surface area (Å²) in [6.45, 7) is 5.04. The van der Waals surface area contributed by atoms with Gasteiger partial charge < -0.3 is 9.30 Å². The zero-order chi connectivity index (χ0) is 17.8. The average Bonchev–Trinajstić information content (AvgIpc) is 2.99. The summed E-state index contributed by atoms with van der Waals surface area (Å²) in [5.41, 5.74) is 3.43. The molecule has 0 aliphatic carbocycles. The summed E-state index contributed by atoms with van der Waals surface area (Å²) < 4.78 is 8.47. The largest absolute Gasteiger partial charge is 0.497 e. The van der Waals surface area contributed by atoms with Crippen molar-refractivity contribution < 1.29 is 9.53 Å². The molecule has 3 aromatic rings. The molecule has 0 fully saturated rings. The molecule has 1 aromatic heterocycles. The molecule has 0 saturated carbocycles. The Hall–Kier alpha value is -2.40. The standard InChI is InChI=1S/C20H22N2O2S/c1-4-15-7-6-8-17-19(15)22(5-2)20(25-17)21-18(23)13-14-9-11-16(24-3)12-10-14/h6-12H,4-5,13H2,1-3H3. The second-order valence-corrected chi connectivity index (χ2v) is 6.79. The van der Waals surface area contributed by atoms with Crippen molar-refractivity contribution in [2.24, 2.45) is 4.99 Å². The summed E-state index contributed by atoms with van der Waals surface area (Å²) >= 11 is 1.58. The van der Waals surface area contributed by atoms with E-state index in [2.05, 4.69) is 41.6 Å². The second kappa shape index (κ2) is 7.66. The minimum atomic E-state index is -0.128. The van der Waals surface area contributed by atoms with Crippen LogP contribution in [0.3, 0.4) is 0 Å². The van der Waals surface area contributed by atoms with Gasteiger partial charge >= 0.3 is 0 Å². The van der Waals surface area contributed by atoms with E-state index in [0.717, 1.165) is 29.1 Å². The molecule has 130 valence electrons. The molecule has 0 radical (unpaired) electrons. The lowest BCUT2D eigenvalue weighted by atomic mass is 10.1. The highest BCUT2D eigenvalue weighted by Gasteiger charge is 2.10. The number of carbonyl (C=O) groups excluding carboxylic acids is 1. The number of fused-ring (bicyclic) bond motifs is 1. The molecule has 0 saturated heterocycles. The van der Waals surface area contributed by atoms with Crippen molar-refractivity contribution in [3.05, 3.63) is 58.4 Å². The number of hydrogen-bond donors (Lipinski definition) is 0. The Kier molecular flexibility index (Phi) is 5.34. The number of carbonyl (C=O) groups is 1. The van der Waals surface area contributed by atoms with Crippen LogP contribution in [0.2, 0.25) is 0 Å². The molecule has 2 aromatic carbocycles. The van der Waals surface area contributed by atoms with E-state index < -0.39 is 0 Å². The number of aromatic nitrogens is 1. The molecular weight excluding hydrogens is 332 g/mol. The van der Waals surface area contributed by atoms with Gasteiger partial charge in [0.15, 0.2) is 4.80 Å². The third kappa shape index (κ3) is 3.66. The number of methoxy groups -OCH3 is 1. The minimum absolute atomic E-state index is 0.128. The molecule has 0 bridgehead atoms. The van der Waals surface area contributed by atoms with Gasteiger partial charge in [0.05, 0.1) is 23.7 Å². The molecule has 25 heavy (non-hydrogen) atoms. The smallest absolute Gasteiger partial charge is 0.252 e. The van der Waals surface area contributed by atoms with Crippen molar-refractivity contribution in [1.82, 2.24) is 4.57 Å². The molecule has 0 spiro atoms. The number of para-hydroxylation sites is 1. The first-order chi connectivity index (χ1) is 12.2. The third-order valence-corrected chi connectivity index (χ3v) is 5.26. The molecule has 1 amide bonds. The van der Waals surface area contributed by atoms with Gasteiger partial charge in [-0.25, -0.2) is 0 Å². The highest BCUT2D eigenvalue weighted by Crippen LogP contribution is 2.22. The van der Waals surface area contributed by atoms with E-state index in [1.54, 1.807) is 18.4 Å². The average molecular weight is 354 g/mol. The molecule has 4 nitrogen and oxygen atoms in total. The molecule has 0 aliphatic rings. The number of nitrogens with zero attached hydrogens (tertiary/aromatic N) is 2. The van der Waals surface area contributed by atoms with Crippen LogP contribution in [0.5, 0.6) is 5.75 Å². The van der Waals surface area contributed by atoms with Gasteiger partial charge in [0.25, 0.3) is 5.91 Å². The van der Waals surface area contributed by atoms with Crippen LogP contribution in [0.25, 0.3) is 10.2 Å². The van der Waals surface area contributed by atoms with E-state index in [4.69, 9.17) is 4.74 Å². The Balaban J connectivity index is 1.95. The Labute approximate surface area is 151 Å². The first kappa shape index (κ1) is 17.4. The third-order valence-electron chi connectivity index (χ3n) is 4.22. The molecular formula is C20H22N2O2S. The Morgan fingerprint density at radius 1 is 1.16 bits per heavy atom. The van der Waals surface area contributed by atoms with E-state index in [0.29, 0.717) is 6.42 Å². The zero-order valence-electron chi connectivity index (χ0n) is 14.8. The van der Waals surface area contributed by atoms with Gasteiger partial charge in [-0.15, -0.1) is 0 Å². The summed E-state index contributed by atoms with van der Waals surface area (Å²) in [4.78, 5) is 17.6. The fourth-order valence-corrected chi connectivity index (χ4v) is 4.09. The van der Waals surface area contributed by atoms with E-state index in [-0.39, 0.29) is 5.91 Å². The number of benzene rings is 2. The SMILES string of the molecule is CCc1cccc2sc(=NC(=O)Cc3ccc(OC)cc3)n(CC)c12. The minimum Gasteiger partial charge on any atom is -0.497 e. The summed E-state index contributed by atoms with van der Waals surface area (Å²) in [7, 11) is 1.63. The van der Waals surface area contributed by atoms with Gasteiger partial charge in [0, 0.05) is 6.54 Å². The monoisotopic (exact) mass is 354 g/mol. The van der Waals surface area contributed by atoms with Crippen LogP contribution < -0.4 is 9.54 Å². The topological polar surface area (TPSA) is 43.6 Å². The van der Waals surface area contributed by atoms with E-state index in [1.165, 1.54) is 15.8 Å². The maximum absolute atomic E-state index is 12.4. The van der Waals surface area contributed by atoms with Crippen LogP contribution in [0, 0.1) is 0 Å². The van der Waals surface area contributed by atoms with Crippen LogP contribution in [0.1, 0.15) is 25.0 Å². The van der Waals surface area contributed by atoms with Gasteiger partial charge in [0.1, 0.15) is 5.75 Å².